The average molecular weight is 612 g/mol. The maximum absolute atomic E-state index is 12.8. The largest absolute Gasteiger partial charge is 0.465 e. The summed E-state index contributed by atoms with van der Waals surface area (Å²) in [4.78, 5) is 14.5. The number of likely N-dealkylation sites (tertiary alicyclic amines) is 1. The Labute approximate surface area is 267 Å². The Morgan fingerprint density at radius 2 is 1.48 bits per heavy atom. The summed E-state index contributed by atoms with van der Waals surface area (Å²) in [6, 6.07) is 29.8. The molecule has 1 fully saturated rings. The second-order valence-electron chi connectivity index (χ2n) is 13.5. The first-order valence-corrected chi connectivity index (χ1v) is 18.6. The SMILES string of the molecule is C=CCC1CC(c2ccc(CCCCCCCC)cc2)C(CO[Si](c2ccccc2)(c2ccccc2)C(C)(C)C)N1C(=O)O. The van der Waals surface area contributed by atoms with E-state index in [9.17, 15) is 9.90 Å². The highest BCUT2D eigenvalue weighted by atomic mass is 28.4. The Kier molecular flexibility index (Phi) is 12.1. The van der Waals surface area contributed by atoms with E-state index in [-0.39, 0.29) is 23.0 Å². The zero-order valence-electron chi connectivity index (χ0n) is 27.4. The van der Waals surface area contributed by atoms with Gasteiger partial charge in [0.1, 0.15) is 0 Å². The van der Waals surface area contributed by atoms with Crippen LogP contribution in [0.5, 0.6) is 0 Å². The molecule has 44 heavy (non-hydrogen) atoms. The van der Waals surface area contributed by atoms with Gasteiger partial charge in [-0.2, -0.15) is 0 Å². The van der Waals surface area contributed by atoms with Crippen LogP contribution in [0.1, 0.15) is 96.1 Å². The summed E-state index contributed by atoms with van der Waals surface area (Å²) in [6.45, 7) is 13.4. The van der Waals surface area contributed by atoms with E-state index in [1.54, 1.807) is 4.90 Å². The predicted molar refractivity (Wildman–Crippen MR) is 187 cm³/mol. The van der Waals surface area contributed by atoms with Crippen LogP contribution in [0.15, 0.2) is 97.6 Å². The number of benzene rings is 3. The second kappa shape index (κ2) is 15.7. The fourth-order valence-corrected chi connectivity index (χ4v) is 11.9. The van der Waals surface area contributed by atoms with E-state index in [0.29, 0.717) is 13.0 Å². The number of nitrogens with zero attached hydrogens (tertiary/aromatic N) is 1. The van der Waals surface area contributed by atoms with Crippen LogP contribution in [-0.2, 0) is 10.8 Å². The van der Waals surface area contributed by atoms with Gasteiger partial charge in [0.05, 0.1) is 12.6 Å². The van der Waals surface area contributed by atoms with Crippen molar-refractivity contribution in [1.82, 2.24) is 4.90 Å². The molecule has 3 aromatic rings. The van der Waals surface area contributed by atoms with Crippen molar-refractivity contribution in [2.75, 3.05) is 6.61 Å². The standard InChI is InChI=1S/C39H53NO3Si/c1-6-8-9-10-11-14-20-31-25-27-32(28-26-31)36-29-33(19-7-2)40(38(41)42)37(36)30-43-44(39(3,4)5,34-21-15-12-16-22-34)35-23-17-13-18-24-35/h7,12-13,15-18,21-28,33,36-37H,2,6,8-11,14,19-20,29-30H2,1,3-5H3,(H,41,42). The molecule has 1 aliphatic heterocycles. The van der Waals surface area contributed by atoms with Crippen molar-refractivity contribution in [3.05, 3.63) is 109 Å². The fourth-order valence-electron chi connectivity index (χ4n) is 7.30. The highest BCUT2D eigenvalue weighted by molar-refractivity contribution is 6.99. The van der Waals surface area contributed by atoms with Gasteiger partial charge in [-0.05, 0) is 52.2 Å². The van der Waals surface area contributed by atoms with Crippen LogP contribution in [0.3, 0.4) is 0 Å². The van der Waals surface area contributed by atoms with E-state index < -0.39 is 14.4 Å². The molecular weight excluding hydrogens is 559 g/mol. The second-order valence-corrected chi connectivity index (χ2v) is 17.8. The number of amides is 1. The smallest absolute Gasteiger partial charge is 0.407 e. The number of hydrogen-bond donors (Lipinski definition) is 1. The van der Waals surface area contributed by atoms with Crippen molar-refractivity contribution in [3.8, 4) is 0 Å². The summed E-state index contributed by atoms with van der Waals surface area (Å²) in [7, 11) is -2.83. The number of aryl methyl sites for hydroxylation is 1. The highest BCUT2D eigenvalue weighted by Crippen LogP contribution is 2.42. The molecule has 1 aliphatic rings. The van der Waals surface area contributed by atoms with Gasteiger partial charge < -0.3 is 9.53 Å². The van der Waals surface area contributed by atoms with Crippen LogP contribution in [0.25, 0.3) is 0 Å². The summed E-state index contributed by atoms with van der Waals surface area (Å²) in [5.41, 5.74) is 2.56. The molecular formula is C39H53NO3Si. The van der Waals surface area contributed by atoms with Crippen LogP contribution < -0.4 is 10.4 Å². The average Bonchev–Trinajstić information content (AvgIpc) is 3.38. The summed E-state index contributed by atoms with van der Waals surface area (Å²) in [5.74, 6) is 0.0531. The minimum atomic E-state index is -2.83. The molecule has 1 N–H and O–H groups in total. The van der Waals surface area contributed by atoms with Gasteiger partial charge in [0.25, 0.3) is 8.32 Å². The lowest BCUT2D eigenvalue weighted by molar-refractivity contribution is 0.100. The molecule has 5 heteroatoms. The number of carboxylic acid groups (broad SMARTS) is 1. The third kappa shape index (κ3) is 7.73. The Balaban J connectivity index is 1.65. The van der Waals surface area contributed by atoms with Gasteiger partial charge in [0.2, 0.25) is 0 Å². The van der Waals surface area contributed by atoms with E-state index in [4.69, 9.17) is 4.43 Å². The Bertz CT molecular complexity index is 1260. The molecule has 3 aromatic carbocycles. The van der Waals surface area contributed by atoms with E-state index in [0.717, 1.165) is 12.8 Å². The van der Waals surface area contributed by atoms with E-state index >= 15 is 0 Å². The van der Waals surface area contributed by atoms with Gasteiger partial charge >= 0.3 is 6.09 Å². The number of carbonyl (C=O) groups is 1. The number of unbranched alkanes of at least 4 members (excludes halogenated alkanes) is 5. The first-order chi connectivity index (χ1) is 21.2. The molecule has 4 nitrogen and oxygen atoms in total. The van der Waals surface area contributed by atoms with Crippen LogP contribution in [0.2, 0.25) is 5.04 Å². The van der Waals surface area contributed by atoms with Gasteiger partial charge in [-0.1, -0.05) is 151 Å². The molecule has 3 atom stereocenters. The third-order valence-corrected chi connectivity index (χ3v) is 14.5. The molecule has 3 unspecified atom stereocenters. The summed E-state index contributed by atoms with van der Waals surface area (Å²) >= 11 is 0. The highest BCUT2D eigenvalue weighted by Gasteiger charge is 2.52. The normalized spacial score (nSPS) is 18.8. The van der Waals surface area contributed by atoms with E-state index in [2.05, 4.69) is 107 Å². The maximum atomic E-state index is 12.8. The molecule has 0 aliphatic carbocycles. The lowest BCUT2D eigenvalue weighted by Gasteiger charge is -2.44. The topological polar surface area (TPSA) is 49.8 Å². The molecule has 4 rings (SSSR count). The maximum Gasteiger partial charge on any atom is 0.407 e. The van der Waals surface area contributed by atoms with Gasteiger partial charge in [-0.3, -0.25) is 4.90 Å². The number of hydrogen-bond acceptors (Lipinski definition) is 2. The molecule has 0 aromatic heterocycles. The summed E-state index contributed by atoms with van der Waals surface area (Å²) in [6.07, 6.45) is 11.2. The van der Waals surface area contributed by atoms with E-state index in [1.807, 2.05) is 18.2 Å². The van der Waals surface area contributed by atoms with Crippen molar-refractivity contribution in [2.24, 2.45) is 0 Å². The summed E-state index contributed by atoms with van der Waals surface area (Å²) in [5, 5.41) is 12.8. The Morgan fingerprint density at radius 1 is 0.909 bits per heavy atom. The first kappa shape index (κ1) is 33.7. The fraction of sp³-hybridized carbons (Fsp3) is 0.462. The Hall–Kier alpha value is -3.15. The van der Waals surface area contributed by atoms with Crippen molar-refractivity contribution in [3.63, 3.8) is 0 Å². The molecule has 0 saturated carbocycles. The van der Waals surface area contributed by atoms with Crippen LogP contribution in [-0.4, -0.2) is 43.1 Å². The minimum Gasteiger partial charge on any atom is -0.465 e. The molecule has 1 saturated heterocycles. The van der Waals surface area contributed by atoms with Gasteiger partial charge in [0.15, 0.2) is 0 Å². The zero-order chi connectivity index (χ0) is 31.6. The van der Waals surface area contributed by atoms with E-state index in [1.165, 1.54) is 60.0 Å². The predicted octanol–water partition coefficient (Wildman–Crippen LogP) is 8.95. The number of rotatable bonds is 15. The molecule has 1 amide bonds. The lowest BCUT2D eigenvalue weighted by atomic mass is 9.89. The Morgan fingerprint density at radius 3 is 2.00 bits per heavy atom. The summed E-state index contributed by atoms with van der Waals surface area (Å²) < 4.78 is 7.33. The molecule has 0 spiro atoms. The first-order valence-electron chi connectivity index (χ1n) is 16.7. The quantitative estimate of drug-likeness (QED) is 0.106. The van der Waals surface area contributed by atoms with Crippen LogP contribution in [0.4, 0.5) is 4.79 Å². The van der Waals surface area contributed by atoms with Crippen molar-refractivity contribution in [1.29, 1.82) is 0 Å². The van der Waals surface area contributed by atoms with Crippen LogP contribution in [0, 0.1) is 0 Å². The monoisotopic (exact) mass is 611 g/mol. The van der Waals surface area contributed by atoms with Crippen molar-refractivity contribution >= 4 is 24.8 Å². The molecule has 0 bridgehead atoms. The van der Waals surface area contributed by atoms with Crippen molar-refractivity contribution < 1.29 is 14.3 Å². The third-order valence-electron chi connectivity index (χ3n) is 9.52. The molecule has 0 radical (unpaired) electrons. The molecule has 236 valence electrons. The van der Waals surface area contributed by atoms with Gasteiger partial charge in [0, 0.05) is 12.0 Å². The minimum absolute atomic E-state index is 0.0531. The zero-order valence-corrected chi connectivity index (χ0v) is 28.4. The van der Waals surface area contributed by atoms with Gasteiger partial charge in [-0.25, -0.2) is 4.79 Å². The van der Waals surface area contributed by atoms with Gasteiger partial charge in [-0.15, -0.1) is 6.58 Å². The lowest BCUT2D eigenvalue weighted by Crippen LogP contribution is -2.67. The molecule has 1 heterocycles. The van der Waals surface area contributed by atoms with Crippen LogP contribution >= 0.6 is 0 Å². The van der Waals surface area contributed by atoms with Crippen molar-refractivity contribution in [2.45, 2.75) is 109 Å².